The highest BCUT2D eigenvalue weighted by Gasteiger charge is 2.15. The summed E-state index contributed by atoms with van der Waals surface area (Å²) in [6.07, 6.45) is 1.40. The van der Waals surface area contributed by atoms with Crippen LogP contribution < -0.4 is 0 Å². The van der Waals surface area contributed by atoms with Gasteiger partial charge in [-0.3, -0.25) is 0 Å². The number of fused-ring (bicyclic) bond motifs is 1. The van der Waals surface area contributed by atoms with Gasteiger partial charge in [0.25, 0.3) is 0 Å². The minimum atomic E-state index is -0.646. The Balaban J connectivity index is 1.94. The van der Waals surface area contributed by atoms with Crippen molar-refractivity contribution in [1.29, 1.82) is 0 Å². The molecule has 0 saturated heterocycles. The monoisotopic (exact) mass is 301 g/mol. The predicted octanol–water partition coefficient (Wildman–Crippen LogP) is 3.38. The van der Waals surface area contributed by atoms with Gasteiger partial charge in [-0.05, 0) is 36.8 Å². The lowest BCUT2D eigenvalue weighted by atomic mass is 10.1. The molecule has 5 heteroatoms. The van der Waals surface area contributed by atoms with Crippen LogP contribution in [-0.4, -0.2) is 19.6 Å². The molecule has 1 unspecified atom stereocenters. The van der Waals surface area contributed by atoms with Crippen LogP contribution in [0, 0.1) is 0 Å². The number of aromatic nitrogens is 3. The number of halogens is 1. The van der Waals surface area contributed by atoms with Crippen LogP contribution in [0.1, 0.15) is 24.4 Å². The second-order valence-corrected chi connectivity index (χ2v) is 5.28. The summed E-state index contributed by atoms with van der Waals surface area (Å²) >= 11 is 5.87. The highest BCUT2D eigenvalue weighted by Crippen LogP contribution is 2.23. The first-order chi connectivity index (χ1) is 10.2. The molecular formula is C16H16ClN3O. The molecule has 21 heavy (non-hydrogen) atoms. The Kier molecular flexibility index (Phi) is 3.90. The maximum Gasteiger partial charge on any atom is 0.129 e. The van der Waals surface area contributed by atoms with E-state index in [4.69, 9.17) is 11.6 Å². The molecular weight excluding hydrogens is 286 g/mol. The maximum absolute atomic E-state index is 10.4. The van der Waals surface area contributed by atoms with Crippen LogP contribution in [-0.2, 0) is 13.0 Å². The molecule has 1 N–H and O–H groups in total. The second kappa shape index (κ2) is 5.84. The van der Waals surface area contributed by atoms with E-state index in [9.17, 15) is 5.11 Å². The Morgan fingerprint density at radius 3 is 2.86 bits per heavy atom. The lowest BCUT2D eigenvalue weighted by Gasteiger charge is -2.12. The van der Waals surface area contributed by atoms with Crippen molar-refractivity contribution in [2.75, 3.05) is 0 Å². The van der Waals surface area contributed by atoms with Crippen molar-refractivity contribution in [3.63, 3.8) is 0 Å². The summed E-state index contributed by atoms with van der Waals surface area (Å²) in [5, 5.41) is 10.8. The summed E-state index contributed by atoms with van der Waals surface area (Å²) < 4.78 is 2.13. The van der Waals surface area contributed by atoms with Crippen molar-refractivity contribution in [3.8, 4) is 0 Å². The molecule has 1 aromatic carbocycles. The maximum atomic E-state index is 10.4. The normalized spacial score (nSPS) is 12.7. The number of aryl methyl sites for hydroxylation is 1. The Morgan fingerprint density at radius 1 is 1.29 bits per heavy atom. The number of benzene rings is 1. The number of imidazole rings is 1. The summed E-state index contributed by atoms with van der Waals surface area (Å²) in [4.78, 5) is 8.56. The van der Waals surface area contributed by atoms with Crippen LogP contribution in [0.15, 0.2) is 42.6 Å². The van der Waals surface area contributed by atoms with Gasteiger partial charge >= 0.3 is 0 Å². The van der Waals surface area contributed by atoms with Gasteiger partial charge in [0.15, 0.2) is 0 Å². The van der Waals surface area contributed by atoms with Crippen molar-refractivity contribution >= 4 is 22.6 Å². The number of hydrogen-bond acceptors (Lipinski definition) is 3. The van der Waals surface area contributed by atoms with Crippen LogP contribution in [0.4, 0.5) is 0 Å². The van der Waals surface area contributed by atoms with E-state index in [1.807, 2.05) is 24.3 Å². The number of aliphatic hydroxyl groups is 1. The van der Waals surface area contributed by atoms with E-state index in [0.717, 1.165) is 29.0 Å². The first-order valence-corrected chi connectivity index (χ1v) is 7.30. The second-order valence-electron chi connectivity index (χ2n) is 4.89. The fraction of sp³-hybridized carbons (Fsp3) is 0.250. The minimum Gasteiger partial charge on any atom is -0.388 e. The number of rotatable bonds is 4. The van der Waals surface area contributed by atoms with Gasteiger partial charge in [-0.1, -0.05) is 23.7 Å². The van der Waals surface area contributed by atoms with E-state index in [2.05, 4.69) is 21.5 Å². The van der Waals surface area contributed by atoms with Gasteiger partial charge in [0.2, 0.25) is 0 Å². The summed E-state index contributed by atoms with van der Waals surface area (Å²) in [6.45, 7) is 2.90. The number of nitrogens with zero attached hydrogens (tertiary/aromatic N) is 3. The molecule has 0 radical (unpaired) electrons. The van der Waals surface area contributed by atoms with Crippen LogP contribution in [0.2, 0.25) is 5.15 Å². The quantitative estimate of drug-likeness (QED) is 0.752. The lowest BCUT2D eigenvalue weighted by molar-refractivity contribution is 0.174. The average molecular weight is 302 g/mol. The highest BCUT2D eigenvalue weighted by molar-refractivity contribution is 6.29. The van der Waals surface area contributed by atoms with Gasteiger partial charge in [0.05, 0.1) is 17.1 Å². The first-order valence-electron chi connectivity index (χ1n) is 6.92. The summed E-state index contributed by atoms with van der Waals surface area (Å²) in [5.74, 6) is 0.874. The van der Waals surface area contributed by atoms with Crippen LogP contribution in [0.3, 0.4) is 0 Å². The van der Waals surface area contributed by atoms with E-state index < -0.39 is 6.10 Å². The Bertz CT molecular complexity index is 769. The highest BCUT2D eigenvalue weighted by atomic mass is 35.5. The molecule has 0 aliphatic rings. The topological polar surface area (TPSA) is 50.9 Å². The third kappa shape index (κ3) is 2.77. The number of para-hydroxylation sites is 2. The van der Waals surface area contributed by atoms with Crippen LogP contribution >= 0.6 is 11.6 Å². The molecule has 3 rings (SSSR count). The fourth-order valence-electron chi connectivity index (χ4n) is 2.55. The predicted molar refractivity (Wildman–Crippen MR) is 83.3 cm³/mol. The van der Waals surface area contributed by atoms with E-state index >= 15 is 0 Å². The molecule has 108 valence electrons. The van der Waals surface area contributed by atoms with E-state index in [1.54, 1.807) is 18.3 Å². The van der Waals surface area contributed by atoms with Gasteiger partial charge in [0.1, 0.15) is 11.0 Å². The number of pyridine rings is 1. The summed E-state index contributed by atoms with van der Waals surface area (Å²) in [5.41, 5.74) is 2.80. The molecule has 0 saturated carbocycles. The van der Waals surface area contributed by atoms with Crippen molar-refractivity contribution in [2.24, 2.45) is 0 Å². The largest absolute Gasteiger partial charge is 0.388 e. The molecule has 0 bridgehead atoms. The first kappa shape index (κ1) is 14.0. The molecule has 4 nitrogen and oxygen atoms in total. The zero-order valence-corrected chi connectivity index (χ0v) is 12.5. The minimum absolute atomic E-state index is 0.385. The van der Waals surface area contributed by atoms with Gasteiger partial charge in [-0.2, -0.15) is 0 Å². The van der Waals surface area contributed by atoms with Crippen LogP contribution in [0.5, 0.6) is 0 Å². The molecule has 0 aliphatic carbocycles. The molecule has 2 aromatic heterocycles. The molecule has 3 aromatic rings. The van der Waals surface area contributed by atoms with E-state index in [0.29, 0.717) is 11.6 Å². The zero-order valence-electron chi connectivity index (χ0n) is 11.7. The van der Waals surface area contributed by atoms with Gasteiger partial charge in [-0.25, -0.2) is 9.97 Å². The van der Waals surface area contributed by atoms with Gasteiger partial charge < -0.3 is 9.67 Å². The molecule has 0 spiro atoms. The summed E-state index contributed by atoms with van der Waals surface area (Å²) in [7, 11) is 0. The fourth-order valence-corrected chi connectivity index (χ4v) is 2.73. The Hall–Kier alpha value is -1.91. The third-order valence-electron chi connectivity index (χ3n) is 3.56. The molecule has 0 amide bonds. The zero-order chi connectivity index (χ0) is 14.8. The van der Waals surface area contributed by atoms with Crippen molar-refractivity contribution in [1.82, 2.24) is 14.5 Å². The van der Waals surface area contributed by atoms with E-state index in [1.165, 1.54) is 0 Å². The summed E-state index contributed by atoms with van der Waals surface area (Å²) in [6, 6.07) is 11.5. The average Bonchev–Trinajstić information content (AvgIpc) is 2.84. The Labute approximate surface area is 128 Å². The number of aliphatic hydroxyl groups excluding tert-OH is 1. The molecule has 0 aliphatic heterocycles. The smallest absolute Gasteiger partial charge is 0.129 e. The van der Waals surface area contributed by atoms with Crippen molar-refractivity contribution in [3.05, 3.63) is 59.1 Å². The van der Waals surface area contributed by atoms with Gasteiger partial charge in [-0.15, -0.1) is 0 Å². The SMILES string of the molecule is CCn1c(CC(O)c2ccnc(Cl)c2)nc2ccccc21. The van der Waals surface area contributed by atoms with E-state index in [-0.39, 0.29) is 0 Å². The Morgan fingerprint density at radius 2 is 2.10 bits per heavy atom. The molecule has 2 heterocycles. The van der Waals surface area contributed by atoms with Crippen LogP contribution in [0.25, 0.3) is 11.0 Å². The standard InChI is InChI=1S/C16H16ClN3O/c1-2-20-13-6-4-3-5-12(13)19-16(20)10-14(21)11-7-8-18-15(17)9-11/h3-9,14,21H,2,10H2,1H3. The molecule has 0 fully saturated rings. The van der Waals surface area contributed by atoms with Crippen molar-refractivity contribution < 1.29 is 5.11 Å². The van der Waals surface area contributed by atoms with Gasteiger partial charge in [0, 0.05) is 19.2 Å². The third-order valence-corrected chi connectivity index (χ3v) is 3.77. The van der Waals surface area contributed by atoms with Crippen molar-refractivity contribution in [2.45, 2.75) is 26.0 Å². The lowest BCUT2D eigenvalue weighted by Crippen LogP contribution is -2.08. The molecule has 1 atom stereocenters. The number of hydrogen-bond donors (Lipinski definition) is 1.